The molecular weight excluding hydrogens is 579 g/mol. The Morgan fingerprint density at radius 3 is 2.07 bits per heavy atom. The predicted octanol–water partition coefficient (Wildman–Crippen LogP) is 5.81. The first-order valence-electron chi connectivity index (χ1n) is 14.1. The van der Waals surface area contributed by atoms with Crippen molar-refractivity contribution in [2.24, 2.45) is 0 Å². The first kappa shape index (κ1) is 33.6. The third kappa shape index (κ3) is 10.1. The SMILES string of the molecule is CC[C@@H](C)NC(=O)[C@@H](Cc1ccccc1)N(Cc1ccccc1)C(=O)CCCN(c1cccc(C(F)(F)F)c1)S(C)(=O)=O. The number of sulfonamides is 1. The van der Waals surface area contributed by atoms with E-state index in [1.807, 2.05) is 74.5 Å². The maximum absolute atomic E-state index is 13.8. The van der Waals surface area contributed by atoms with Crippen molar-refractivity contribution in [3.05, 3.63) is 102 Å². The van der Waals surface area contributed by atoms with Gasteiger partial charge < -0.3 is 10.2 Å². The van der Waals surface area contributed by atoms with Crippen LogP contribution in [0.5, 0.6) is 0 Å². The van der Waals surface area contributed by atoms with E-state index in [1.165, 1.54) is 11.0 Å². The summed E-state index contributed by atoms with van der Waals surface area (Å²) in [5, 5.41) is 2.99. The minimum atomic E-state index is -4.64. The zero-order chi connectivity index (χ0) is 31.6. The summed E-state index contributed by atoms with van der Waals surface area (Å²) in [5.74, 6) is -0.675. The first-order valence-corrected chi connectivity index (χ1v) is 16.0. The fourth-order valence-corrected chi connectivity index (χ4v) is 5.57. The van der Waals surface area contributed by atoms with Crippen molar-refractivity contribution in [2.75, 3.05) is 17.1 Å². The molecule has 232 valence electrons. The molecule has 3 aromatic rings. The Labute approximate surface area is 251 Å². The van der Waals surface area contributed by atoms with Gasteiger partial charge in [-0.3, -0.25) is 13.9 Å². The third-order valence-corrected chi connectivity index (χ3v) is 8.28. The van der Waals surface area contributed by atoms with Crippen LogP contribution in [0.4, 0.5) is 18.9 Å². The number of halogens is 3. The van der Waals surface area contributed by atoms with Crippen LogP contribution < -0.4 is 9.62 Å². The van der Waals surface area contributed by atoms with Crippen molar-refractivity contribution in [3.8, 4) is 0 Å². The number of amides is 2. The van der Waals surface area contributed by atoms with E-state index >= 15 is 0 Å². The van der Waals surface area contributed by atoms with E-state index in [4.69, 9.17) is 0 Å². The molecule has 0 saturated carbocycles. The van der Waals surface area contributed by atoms with E-state index in [2.05, 4.69) is 5.32 Å². The van der Waals surface area contributed by atoms with Gasteiger partial charge in [-0.25, -0.2) is 8.42 Å². The minimum Gasteiger partial charge on any atom is -0.352 e. The Bertz CT molecular complexity index is 1450. The summed E-state index contributed by atoms with van der Waals surface area (Å²) in [5.41, 5.74) is 0.568. The van der Waals surface area contributed by atoms with Gasteiger partial charge in [-0.2, -0.15) is 13.2 Å². The number of nitrogens with one attached hydrogen (secondary N) is 1. The third-order valence-electron chi connectivity index (χ3n) is 7.08. The molecule has 1 N–H and O–H groups in total. The highest BCUT2D eigenvalue weighted by atomic mass is 32.2. The van der Waals surface area contributed by atoms with Crippen LogP contribution in [-0.4, -0.2) is 50.0 Å². The average molecular weight is 618 g/mol. The number of hydrogen-bond donors (Lipinski definition) is 1. The molecule has 3 aromatic carbocycles. The first-order chi connectivity index (χ1) is 20.3. The number of anilines is 1. The van der Waals surface area contributed by atoms with Crippen LogP contribution in [0.15, 0.2) is 84.9 Å². The monoisotopic (exact) mass is 617 g/mol. The van der Waals surface area contributed by atoms with Gasteiger partial charge >= 0.3 is 6.18 Å². The average Bonchev–Trinajstić information content (AvgIpc) is 2.97. The fraction of sp³-hybridized carbons (Fsp3) is 0.375. The van der Waals surface area contributed by atoms with Gasteiger partial charge in [0.15, 0.2) is 0 Å². The van der Waals surface area contributed by atoms with Gasteiger partial charge in [0.2, 0.25) is 21.8 Å². The van der Waals surface area contributed by atoms with Crippen molar-refractivity contribution in [1.82, 2.24) is 10.2 Å². The summed E-state index contributed by atoms with van der Waals surface area (Å²) in [4.78, 5) is 28.9. The molecule has 0 aliphatic rings. The smallest absolute Gasteiger partial charge is 0.352 e. The van der Waals surface area contributed by atoms with E-state index in [9.17, 15) is 31.2 Å². The highest BCUT2D eigenvalue weighted by Gasteiger charge is 2.33. The topological polar surface area (TPSA) is 86.8 Å². The Morgan fingerprint density at radius 1 is 0.907 bits per heavy atom. The van der Waals surface area contributed by atoms with Crippen LogP contribution >= 0.6 is 0 Å². The number of carbonyl (C=O) groups is 2. The molecule has 2 amide bonds. The summed E-state index contributed by atoms with van der Waals surface area (Å²) < 4.78 is 65.9. The van der Waals surface area contributed by atoms with Gasteiger partial charge in [0, 0.05) is 32.0 Å². The van der Waals surface area contributed by atoms with Crippen molar-refractivity contribution in [2.45, 2.75) is 64.3 Å². The van der Waals surface area contributed by atoms with Crippen molar-refractivity contribution < 1.29 is 31.2 Å². The van der Waals surface area contributed by atoms with Crippen LogP contribution in [0, 0.1) is 0 Å². The molecule has 0 aliphatic heterocycles. The quantitative estimate of drug-likeness (QED) is 0.248. The van der Waals surface area contributed by atoms with Crippen molar-refractivity contribution in [1.29, 1.82) is 0 Å². The minimum absolute atomic E-state index is 0.0263. The number of nitrogens with zero attached hydrogens (tertiary/aromatic N) is 2. The second-order valence-electron chi connectivity index (χ2n) is 10.5. The zero-order valence-electron chi connectivity index (χ0n) is 24.5. The Hall–Kier alpha value is -3.86. The fourth-order valence-electron chi connectivity index (χ4n) is 4.62. The highest BCUT2D eigenvalue weighted by molar-refractivity contribution is 7.92. The molecule has 2 atom stereocenters. The predicted molar refractivity (Wildman–Crippen MR) is 162 cm³/mol. The molecular formula is C32H38F3N3O4S. The normalized spacial score (nSPS) is 13.2. The van der Waals surface area contributed by atoms with Crippen molar-refractivity contribution >= 4 is 27.5 Å². The summed E-state index contributed by atoms with van der Waals surface area (Å²) in [6, 6.07) is 21.7. The lowest BCUT2D eigenvalue weighted by molar-refractivity contribution is -0.141. The van der Waals surface area contributed by atoms with Gasteiger partial charge in [0.25, 0.3) is 0 Å². The largest absolute Gasteiger partial charge is 0.416 e. The van der Waals surface area contributed by atoms with Crippen LogP contribution in [0.25, 0.3) is 0 Å². The van der Waals surface area contributed by atoms with Gasteiger partial charge in [0.05, 0.1) is 17.5 Å². The summed E-state index contributed by atoms with van der Waals surface area (Å²) in [6.07, 6.45) is -2.87. The molecule has 0 unspecified atom stereocenters. The summed E-state index contributed by atoms with van der Waals surface area (Å²) in [6.45, 7) is 3.76. The number of hydrogen-bond acceptors (Lipinski definition) is 4. The van der Waals surface area contributed by atoms with E-state index in [1.54, 1.807) is 0 Å². The lowest BCUT2D eigenvalue weighted by Gasteiger charge is -2.32. The molecule has 0 spiro atoms. The van der Waals surface area contributed by atoms with Crippen LogP contribution in [0.1, 0.15) is 49.8 Å². The van der Waals surface area contributed by atoms with E-state index < -0.39 is 27.8 Å². The Morgan fingerprint density at radius 2 is 1.51 bits per heavy atom. The van der Waals surface area contributed by atoms with E-state index in [0.717, 1.165) is 39.9 Å². The molecule has 7 nitrogen and oxygen atoms in total. The Kier molecular flexibility index (Phi) is 11.8. The summed E-state index contributed by atoms with van der Waals surface area (Å²) in [7, 11) is -3.96. The number of rotatable bonds is 14. The zero-order valence-corrected chi connectivity index (χ0v) is 25.4. The molecule has 0 aromatic heterocycles. The molecule has 3 rings (SSSR count). The number of carbonyl (C=O) groups excluding carboxylic acids is 2. The highest BCUT2D eigenvalue weighted by Crippen LogP contribution is 2.32. The molecule has 11 heteroatoms. The molecule has 0 aliphatic carbocycles. The maximum Gasteiger partial charge on any atom is 0.416 e. The van der Waals surface area contributed by atoms with Gasteiger partial charge in [-0.1, -0.05) is 73.7 Å². The Balaban J connectivity index is 1.88. The second-order valence-corrected chi connectivity index (χ2v) is 12.4. The molecule has 0 fully saturated rings. The molecule has 43 heavy (non-hydrogen) atoms. The standard InChI is InChI=1S/C32H38F3N3O4S/c1-4-24(2)36-31(40)29(21-25-13-7-5-8-14-25)37(23-26-15-9-6-10-16-26)30(39)19-12-20-38(43(3,41)42)28-18-11-17-27(22-28)32(33,34)35/h5-11,13-18,22,24,29H,4,12,19-21,23H2,1-3H3,(H,36,40)/t24-,29-/m1/s1. The van der Waals surface area contributed by atoms with Gasteiger partial charge in [-0.15, -0.1) is 0 Å². The van der Waals surface area contributed by atoms with Crippen molar-refractivity contribution in [3.63, 3.8) is 0 Å². The molecule has 0 radical (unpaired) electrons. The maximum atomic E-state index is 13.8. The lowest BCUT2D eigenvalue weighted by atomic mass is 10.0. The molecule has 0 saturated heterocycles. The summed E-state index contributed by atoms with van der Waals surface area (Å²) >= 11 is 0. The lowest BCUT2D eigenvalue weighted by Crippen LogP contribution is -2.52. The van der Waals surface area contributed by atoms with Crippen LogP contribution in [0.2, 0.25) is 0 Å². The molecule has 0 bridgehead atoms. The van der Waals surface area contributed by atoms with Gasteiger partial charge in [-0.05, 0) is 49.1 Å². The molecule has 0 heterocycles. The van der Waals surface area contributed by atoms with E-state index in [-0.39, 0.29) is 55.9 Å². The number of benzene rings is 3. The van der Waals surface area contributed by atoms with E-state index in [0.29, 0.717) is 6.42 Å². The van der Waals surface area contributed by atoms with Crippen LogP contribution in [-0.2, 0) is 38.8 Å². The second kappa shape index (κ2) is 15.0. The van der Waals surface area contributed by atoms with Gasteiger partial charge in [0.1, 0.15) is 6.04 Å². The number of alkyl halides is 3. The van der Waals surface area contributed by atoms with Crippen LogP contribution in [0.3, 0.4) is 0 Å².